The van der Waals surface area contributed by atoms with Crippen molar-refractivity contribution >= 4 is 22.9 Å². The Labute approximate surface area is 123 Å². The molecule has 0 atom stereocenters. The molecule has 0 aliphatic heterocycles. The van der Waals surface area contributed by atoms with Crippen LogP contribution in [0.15, 0.2) is 30.6 Å². The minimum atomic E-state index is 0.372. The summed E-state index contributed by atoms with van der Waals surface area (Å²) in [7, 11) is 3.54. The Bertz CT molecular complexity index is 609. The van der Waals surface area contributed by atoms with Crippen molar-refractivity contribution in [1.82, 2.24) is 9.78 Å². The molecule has 0 amide bonds. The highest BCUT2D eigenvalue weighted by atomic mass is 32.1. The van der Waals surface area contributed by atoms with Crippen molar-refractivity contribution in [3.63, 3.8) is 0 Å². The molecular weight excluding hydrogens is 272 g/mol. The summed E-state index contributed by atoms with van der Waals surface area (Å²) in [6.45, 7) is 0.772. The lowest BCUT2D eigenvalue weighted by atomic mass is 10.1. The first-order valence-corrected chi connectivity index (χ1v) is 6.70. The second-order valence-electron chi connectivity index (χ2n) is 4.47. The van der Waals surface area contributed by atoms with E-state index in [2.05, 4.69) is 10.4 Å². The molecule has 2 rings (SSSR count). The number of nitrogens with zero attached hydrogens (tertiary/aromatic N) is 2. The molecule has 6 heteroatoms. The second kappa shape index (κ2) is 6.38. The quantitative estimate of drug-likeness (QED) is 0.793. The monoisotopic (exact) mass is 290 g/mol. The Hall–Kier alpha value is -2.08. The number of hydrogen-bond acceptors (Lipinski definition) is 4. The molecule has 2 aromatic rings. The maximum Gasteiger partial charge on any atom is 0.120 e. The van der Waals surface area contributed by atoms with Crippen molar-refractivity contribution in [1.29, 1.82) is 0 Å². The van der Waals surface area contributed by atoms with Crippen LogP contribution in [0.25, 0.3) is 0 Å². The van der Waals surface area contributed by atoms with E-state index in [4.69, 9.17) is 22.7 Å². The number of benzene rings is 1. The molecule has 20 heavy (non-hydrogen) atoms. The average Bonchev–Trinajstić information content (AvgIpc) is 2.84. The number of anilines is 1. The topological polar surface area (TPSA) is 65.1 Å². The third kappa shape index (κ3) is 3.48. The maximum absolute atomic E-state index is 5.73. The van der Waals surface area contributed by atoms with E-state index in [-0.39, 0.29) is 0 Å². The fraction of sp³-hybridized carbons (Fsp3) is 0.286. The fourth-order valence-corrected chi connectivity index (χ4v) is 2.13. The minimum absolute atomic E-state index is 0.372. The standard InChI is InChI=1S/C14H18N4OS/c1-18-9-10(8-17-18)5-6-16-13-7-11(19-2)3-4-12(13)14(15)20/h3-4,7-9,16H,5-6H2,1-2H3,(H2,15,20). The number of nitrogens with one attached hydrogen (secondary N) is 1. The second-order valence-corrected chi connectivity index (χ2v) is 4.91. The SMILES string of the molecule is COc1ccc(C(N)=S)c(NCCc2cnn(C)c2)c1. The summed E-state index contributed by atoms with van der Waals surface area (Å²) in [4.78, 5) is 0.372. The first kappa shape index (κ1) is 14.3. The van der Waals surface area contributed by atoms with Gasteiger partial charge in [0.25, 0.3) is 0 Å². The van der Waals surface area contributed by atoms with Crippen LogP contribution in [-0.4, -0.2) is 28.4 Å². The lowest BCUT2D eigenvalue weighted by Crippen LogP contribution is -2.14. The summed E-state index contributed by atoms with van der Waals surface area (Å²) in [6, 6.07) is 5.62. The van der Waals surface area contributed by atoms with Crippen molar-refractivity contribution in [3.8, 4) is 5.75 Å². The van der Waals surface area contributed by atoms with Crippen LogP contribution in [0.3, 0.4) is 0 Å². The van der Waals surface area contributed by atoms with E-state index < -0.39 is 0 Å². The Morgan fingerprint density at radius 2 is 2.30 bits per heavy atom. The minimum Gasteiger partial charge on any atom is -0.497 e. The highest BCUT2D eigenvalue weighted by Crippen LogP contribution is 2.22. The zero-order valence-electron chi connectivity index (χ0n) is 11.6. The van der Waals surface area contributed by atoms with Gasteiger partial charge in [-0.2, -0.15) is 5.10 Å². The van der Waals surface area contributed by atoms with Gasteiger partial charge in [-0.25, -0.2) is 0 Å². The van der Waals surface area contributed by atoms with Crippen molar-refractivity contribution in [2.24, 2.45) is 12.8 Å². The maximum atomic E-state index is 5.73. The van der Waals surface area contributed by atoms with Crippen molar-refractivity contribution in [2.45, 2.75) is 6.42 Å². The summed E-state index contributed by atoms with van der Waals surface area (Å²) in [6.07, 6.45) is 4.74. The van der Waals surface area contributed by atoms with Crippen LogP contribution < -0.4 is 15.8 Å². The van der Waals surface area contributed by atoms with Gasteiger partial charge in [0.2, 0.25) is 0 Å². The molecule has 0 saturated carbocycles. The number of thiocarbonyl (C=S) groups is 1. The molecule has 0 saturated heterocycles. The van der Waals surface area contributed by atoms with Crippen LogP contribution in [0.5, 0.6) is 5.75 Å². The van der Waals surface area contributed by atoms with Gasteiger partial charge in [0.15, 0.2) is 0 Å². The summed E-state index contributed by atoms with van der Waals surface area (Å²) in [5.74, 6) is 0.772. The molecule has 5 nitrogen and oxygen atoms in total. The molecule has 1 aromatic carbocycles. The van der Waals surface area contributed by atoms with Crippen LogP contribution in [0.1, 0.15) is 11.1 Å². The predicted octanol–water partition coefficient (Wildman–Crippen LogP) is 1.72. The van der Waals surface area contributed by atoms with Crippen LogP contribution in [0.4, 0.5) is 5.69 Å². The summed E-state index contributed by atoms with van der Waals surface area (Å²) in [5, 5.41) is 7.49. The predicted molar refractivity (Wildman–Crippen MR) is 84.3 cm³/mol. The molecule has 3 N–H and O–H groups in total. The summed E-state index contributed by atoms with van der Waals surface area (Å²) in [5.41, 5.74) is 8.63. The van der Waals surface area contributed by atoms with E-state index in [0.29, 0.717) is 4.99 Å². The van der Waals surface area contributed by atoms with Crippen LogP contribution >= 0.6 is 12.2 Å². The first-order valence-electron chi connectivity index (χ1n) is 6.29. The van der Waals surface area contributed by atoms with E-state index >= 15 is 0 Å². The number of hydrogen-bond donors (Lipinski definition) is 2. The largest absolute Gasteiger partial charge is 0.497 e. The number of methoxy groups -OCH3 is 1. The van der Waals surface area contributed by atoms with Crippen molar-refractivity contribution < 1.29 is 4.74 Å². The number of aromatic nitrogens is 2. The molecule has 1 aromatic heterocycles. The van der Waals surface area contributed by atoms with Gasteiger partial charge in [0.1, 0.15) is 10.7 Å². The lowest BCUT2D eigenvalue weighted by Gasteiger charge is -2.12. The Morgan fingerprint density at radius 3 is 2.90 bits per heavy atom. The van der Waals surface area contributed by atoms with Gasteiger partial charge in [0.05, 0.1) is 13.3 Å². The number of nitrogens with two attached hydrogens (primary N) is 1. The number of ether oxygens (including phenoxy) is 1. The fourth-order valence-electron chi connectivity index (χ4n) is 1.95. The molecule has 0 fully saturated rings. The zero-order valence-corrected chi connectivity index (χ0v) is 12.4. The normalized spacial score (nSPS) is 10.3. The van der Waals surface area contributed by atoms with E-state index in [1.807, 2.05) is 37.6 Å². The van der Waals surface area contributed by atoms with Crippen LogP contribution in [-0.2, 0) is 13.5 Å². The molecule has 0 bridgehead atoms. The van der Waals surface area contributed by atoms with Crippen LogP contribution in [0, 0.1) is 0 Å². The van der Waals surface area contributed by atoms with Crippen molar-refractivity contribution in [3.05, 3.63) is 41.7 Å². The van der Waals surface area contributed by atoms with Gasteiger partial charge in [-0.05, 0) is 24.1 Å². The molecule has 0 spiro atoms. The third-order valence-electron chi connectivity index (χ3n) is 2.98. The van der Waals surface area contributed by atoms with E-state index in [9.17, 15) is 0 Å². The van der Waals surface area contributed by atoms with Gasteiger partial charge in [-0.3, -0.25) is 4.68 Å². The summed E-state index contributed by atoms with van der Waals surface area (Å²) < 4.78 is 7.01. The van der Waals surface area contributed by atoms with Gasteiger partial charge in [-0.1, -0.05) is 12.2 Å². The molecule has 0 aliphatic carbocycles. The molecule has 106 valence electrons. The number of rotatable bonds is 6. The van der Waals surface area contributed by atoms with E-state index in [1.165, 1.54) is 5.56 Å². The van der Waals surface area contributed by atoms with Crippen molar-refractivity contribution in [2.75, 3.05) is 19.0 Å². The molecule has 0 radical (unpaired) electrons. The van der Waals surface area contributed by atoms with Gasteiger partial charge in [0, 0.05) is 37.1 Å². The summed E-state index contributed by atoms with van der Waals surface area (Å²) >= 11 is 5.06. The molecular formula is C14H18N4OS. The van der Waals surface area contributed by atoms with Crippen LogP contribution in [0.2, 0.25) is 0 Å². The molecule has 1 heterocycles. The Morgan fingerprint density at radius 1 is 1.50 bits per heavy atom. The van der Waals surface area contributed by atoms with Gasteiger partial charge in [-0.15, -0.1) is 0 Å². The van der Waals surface area contributed by atoms with E-state index in [1.54, 1.807) is 11.8 Å². The van der Waals surface area contributed by atoms with Gasteiger partial charge >= 0.3 is 0 Å². The first-order chi connectivity index (χ1) is 9.60. The molecule has 0 aliphatic rings. The lowest BCUT2D eigenvalue weighted by molar-refractivity contribution is 0.415. The highest BCUT2D eigenvalue weighted by Gasteiger charge is 2.07. The molecule has 0 unspecified atom stereocenters. The Balaban J connectivity index is 2.05. The van der Waals surface area contributed by atoms with E-state index in [0.717, 1.165) is 30.0 Å². The third-order valence-corrected chi connectivity index (χ3v) is 3.20. The average molecular weight is 290 g/mol. The highest BCUT2D eigenvalue weighted by molar-refractivity contribution is 7.80. The number of aryl methyl sites for hydroxylation is 1. The zero-order chi connectivity index (χ0) is 14.5. The van der Waals surface area contributed by atoms with Gasteiger partial charge < -0.3 is 15.8 Å². The smallest absolute Gasteiger partial charge is 0.120 e. The Kier molecular flexibility index (Phi) is 4.57.